The highest BCUT2D eigenvalue weighted by atomic mass is 17.2. The lowest BCUT2D eigenvalue weighted by molar-refractivity contribution is -0.372. The van der Waals surface area contributed by atoms with E-state index >= 15 is 0 Å². The summed E-state index contributed by atoms with van der Waals surface area (Å²) in [5, 5.41) is 40.8. The number of carboxylic acids is 1. The van der Waals surface area contributed by atoms with Crippen molar-refractivity contribution < 1.29 is 72.9 Å². The summed E-state index contributed by atoms with van der Waals surface area (Å²) in [5.41, 5.74) is 9.83. The van der Waals surface area contributed by atoms with Crippen LogP contribution in [-0.4, -0.2) is 96.2 Å². The molecule has 290 valence electrons. The molecular weight excluding hydrogens is 710 g/mol. The maximum absolute atomic E-state index is 11.8. The molecule has 0 radical (unpaired) electrons. The maximum atomic E-state index is 11.8. The monoisotopic (exact) mass is 753 g/mol. The van der Waals surface area contributed by atoms with Gasteiger partial charge in [-0.15, -0.1) is 0 Å². The van der Waals surface area contributed by atoms with Crippen molar-refractivity contribution in [2.45, 2.75) is 75.8 Å². The van der Waals surface area contributed by atoms with Gasteiger partial charge in [-0.1, -0.05) is 26.0 Å². The fourth-order valence-corrected chi connectivity index (χ4v) is 7.13. The topological polar surface area (TPSA) is 224 Å². The third-order valence-corrected chi connectivity index (χ3v) is 9.58. The minimum absolute atomic E-state index is 0.0227. The van der Waals surface area contributed by atoms with Crippen molar-refractivity contribution in [2.24, 2.45) is 11.7 Å². The fourth-order valence-electron chi connectivity index (χ4n) is 7.13. The molecule has 6 N–H and O–H groups in total. The molecule has 4 aliphatic heterocycles. The van der Waals surface area contributed by atoms with E-state index in [0.29, 0.717) is 48.2 Å². The van der Waals surface area contributed by atoms with Crippen molar-refractivity contribution in [1.82, 2.24) is 0 Å². The van der Waals surface area contributed by atoms with Crippen molar-refractivity contribution in [3.05, 3.63) is 70.3 Å². The molecule has 0 bridgehead atoms. The van der Waals surface area contributed by atoms with Crippen molar-refractivity contribution in [1.29, 1.82) is 0 Å². The summed E-state index contributed by atoms with van der Waals surface area (Å²) in [6, 6.07) is 12.2. The molecular formula is C38H43NO15. The Morgan fingerprint density at radius 3 is 2.52 bits per heavy atom. The first kappa shape index (κ1) is 37.5. The van der Waals surface area contributed by atoms with Gasteiger partial charge in [0.2, 0.25) is 6.79 Å². The zero-order valence-corrected chi connectivity index (χ0v) is 29.7. The Kier molecular flexibility index (Phi) is 11.0. The molecule has 16 heteroatoms. The summed E-state index contributed by atoms with van der Waals surface area (Å²) >= 11 is 0. The molecule has 7 atom stereocenters. The molecule has 1 fully saturated rings. The van der Waals surface area contributed by atoms with Crippen LogP contribution in [0, 0.1) is 5.92 Å². The first-order valence-electron chi connectivity index (χ1n) is 17.7. The molecule has 0 aliphatic carbocycles. The van der Waals surface area contributed by atoms with Gasteiger partial charge in [0.05, 0.1) is 19.1 Å². The van der Waals surface area contributed by atoms with E-state index < -0.39 is 61.8 Å². The number of hydrogen-bond acceptors (Lipinski definition) is 15. The number of aliphatic hydroxyl groups is 2. The van der Waals surface area contributed by atoms with Crippen LogP contribution >= 0.6 is 0 Å². The van der Waals surface area contributed by atoms with Crippen LogP contribution in [0.2, 0.25) is 0 Å². The third-order valence-electron chi connectivity index (χ3n) is 9.58. The van der Waals surface area contributed by atoms with E-state index in [9.17, 15) is 24.9 Å². The molecule has 4 heterocycles. The van der Waals surface area contributed by atoms with Crippen LogP contribution in [0.25, 0.3) is 0 Å². The summed E-state index contributed by atoms with van der Waals surface area (Å²) in [4.78, 5) is 34.3. The highest BCUT2D eigenvalue weighted by molar-refractivity contribution is 5.90. The number of benzene rings is 3. The Balaban J connectivity index is 1.17. The van der Waals surface area contributed by atoms with Crippen molar-refractivity contribution in [3.8, 4) is 34.5 Å². The number of hydrogen-bond donors (Lipinski definition) is 5. The smallest absolute Gasteiger partial charge is 0.317 e. The standard InChI is InChI=1S/C38H43NO15/c1-18(2)9-24-34-23(13-27-36(24)50-17-49-27)26-15-48-33-20(10-19-3-5-21(40)6-4-19)11-22(12-25(33)35(26)52-34)53-54-37-32(45)31(44)28(51-38(37)46-8-7-39)16-47-30(43)14-29(41)42/h3-6,11-13,18,26,28,31-32,35,37-38,40,44-45H,7-10,14-17,39H2,1-2H3,(H,41,42). The van der Waals surface area contributed by atoms with Crippen LogP contribution in [0.4, 0.5) is 0 Å². The van der Waals surface area contributed by atoms with E-state index in [4.69, 9.17) is 53.8 Å². The highest BCUT2D eigenvalue weighted by Gasteiger charge is 2.48. The van der Waals surface area contributed by atoms with Gasteiger partial charge in [-0.2, -0.15) is 4.89 Å². The number of phenolic OH excluding ortho intramolecular Hbond substituents is 1. The zero-order valence-electron chi connectivity index (χ0n) is 29.7. The minimum atomic E-state index is -1.66. The summed E-state index contributed by atoms with van der Waals surface area (Å²) in [5.74, 6) is 0.723. The van der Waals surface area contributed by atoms with E-state index in [1.54, 1.807) is 36.4 Å². The quantitative estimate of drug-likeness (QED) is 0.0691. The van der Waals surface area contributed by atoms with Gasteiger partial charge in [0, 0.05) is 35.2 Å². The summed E-state index contributed by atoms with van der Waals surface area (Å²) in [7, 11) is 0. The Labute approximate surface area is 310 Å². The van der Waals surface area contributed by atoms with E-state index in [1.807, 2.05) is 6.07 Å². The van der Waals surface area contributed by atoms with E-state index in [-0.39, 0.29) is 37.4 Å². The van der Waals surface area contributed by atoms with Gasteiger partial charge in [0.15, 0.2) is 29.6 Å². The zero-order chi connectivity index (χ0) is 38.1. The number of fused-ring (bicyclic) bond motifs is 6. The van der Waals surface area contributed by atoms with Crippen LogP contribution in [0.3, 0.4) is 0 Å². The second-order valence-corrected chi connectivity index (χ2v) is 14.0. The van der Waals surface area contributed by atoms with Crippen LogP contribution in [0.15, 0.2) is 42.5 Å². The molecule has 1 saturated heterocycles. The Morgan fingerprint density at radius 1 is 0.981 bits per heavy atom. The largest absolute Gasteiger partial charge is 0.508 e. The fraction of sp³-hybridized carbons (Fsp3) is 0.474. The maximum Gasteiger partial charge on any atom is 0.317 e. The number of carboxylic acid groups (broad SMARTS) is 1. The molecule has 16 nitrogen and oxygen atoms in total. The van der Waals surface area contributed by atoms with Gasteiger partial charge in [-0.25, -0.2) is 0 Å². The van der Waals surface area contributed by atoms with E-state index in [1.165, 1.54) is 0 Å². The predicted molar refractivity (Wildman–Crippen MR) is 184 cm³/mol. The number of rotatable bonds is 14. The number of aromatic hydroxyl groups is 1. The van der Waals surface area contributed by atoms with Crippen LogP contribution in [-0.2, 0) is 41.5 Å². The van der Waals surface area contributed by atoms with Crippen molar-refractivity contribution >= 4 is 11.9 Å². The Bertz CT molecular complexity index is 1850. The highest BCUT2D eigenvalue weighted by Crippen LogP contribution is 2.58. The average molecular weight is 754 g/mol. The number of aliphatic hydroxyl groups excluding tert-OH is 2. The second kappa shape index (κ2) is 15.9. The first-order valence-corrected chi connectivity index (χ1v) is 17.7. The predicted octanol–water partition coefficient (Wildman–Crippen LogP) is 2.64. The molecule has 7 unspecified atom stereocenters. The van der Waals surface area contributed by atoms with Crippen molar-refractivity contribution in [3.63, 3.8) is 0 Å². The number of ether oxygens (including phenoxy) is 7. The number of esters is 1. The van der Waals surface area contributed by atoms with Crippen LogP contribution < -0.4 is 29.6 Å². The van der Waals surface area contributed by atoms with Gasteiger partial charge < -0.3 is 64.2 Å². The lowest BCUT2D eigenvalue weighted by Crippen LogP contribution is -2.60. The molecule has 7 rings (SSSR count). The van der Waals surface area contributed by atoms with Gasteiger partial charge in [-0.3, -0.25) is 9.59 Å². The molecule has 0 aromatic heterocycles. The number of phenols is 1. The molecule has 0 spiro atoms. The minimum Gasteiger partial charge on any atom is -0.508 e. The molecule has 3 aromatic rings. The normalized spacial score (nSPS) is 24.9. The van der Waals surface area contributed by atoms with Crippen LogP contribution in [0.1, 0.15) is 60.1 Å². The SMILES string of the molecule is CC(C)Cc1c2c(cc3c1OC1c4cc(OOC5C(OCCN)OC(COC(=O)CC(=O)O)C(O)C5O)cc(Cc5ccc(O)cc5)c4OCC31)OCO2. The number of aliphatic carboxylic acids is 1. The van der Waals surface area contributed by atoms with E-state index in [0.717, 1.165) is 28.0 Å². The lowest BCUT2D eigenvalue weighted by atomic mass is 9.86. The molecule has 0 amide bonds. The first-order chi connectivity index (χ1) is 26.0. The van der Waals surface area contributed by atoms with Gasteiger partial charge in [-0.05, 0) is 48.2 Å². The molecule has 0 saturated carbocycles. The number of carbonyl (C=O) groups excluding carboxylic acids is 1. The Hall–Kier alpha value is -4.84. The third kappa shape index (κ3) is 7.71. The van der Waals surface area contributed by atoms with Gasteiger partial charge >= 0.3 is 11.9 Å². The second-order valence-electron chi connectivity index (χ2n) is 14.0. The van der Waals surface area contributed by atoms with Gasteiger partial charge in [0.25, 0.3) is 0 Å². The van der Waals surface area contributed by atoms with E-state index in [2.05, 4.69) is 13.8 Å². The lowest BCUT2D eigenvalue weighted by Gasteiger charge is -2.41. The van der Waals surface area contributed by atoms with Gasteiger partial charge in [0.1, 0.15) is 54.7 Å². The molecule has 54 heavy (non-hydrogen) atoms. The van der Waals surface area contributed by atoms with Crippen molar-refractivity contribution in [2.75, 3.05) is 33.2 Å². The number of carbonyl (C=O) groups is 2. The average Bonchev–Trinajstić information content (AvgIpc) is 3.77. The summed E-state index contributed by atoms with van der Waals surface area (Å²) in [6.45, 7) is 4.22. The summed E-state index contributed by atoms with van der Waals surface area (Å²) < 4.78 is 41.4. The Morgan fingerprint density at radius 2 is 1.78 bits per heavy atom. The summed E-state index contributed by atoms with van der Waals surface area (Å²) in [6.07, 6.45) is -7.60. The number of nitrogens with two attached hydrogens (primary N) is 1. The van der Waals surface area contributed by atoms with Crippen LogP contribution in [0.5, 0.6) is 34.5 Å². The molecule has 4 aliphatic rings. The molecule has 3 aromatic carbocycles.